The topological polar surface area (TPSA) is 90.2 Å². The molecule has 0 spiro atoms. The number of fused-ring (bicyclic) bond motifs is 2. The molecule has 4 aromatic carbocycles. The summed E-state index contributed by atoms with van der Waals surface area (Å²) in [7, 11) is 1.57. The average molecular weight is 662 g/mol. The number of methoxy groups -OCH3 is 1. The van der Waals surface area contributed by atoms with Crippen LogP contribution in [0.1, 0.15) is 35.2 Å². The lowest BCUT2D eigenvalue weighted by Crippen LogP contribution is -2.41. The Morgan fingerprint density at radius 2 is 1.62 bits per heavy atom. The van der Waals surface area contributed by atoms with Gasteiger partial charge in [0.1, 0.15) is 10.3 Å². The Balaban J connectivity index is 1.50. The van der Waals surface area contributed by atoms with Crippen LogP contribution in [0.15, 0.2) is 118 Å². The van der Waals surface area contributed by atoms with Gasteiger partial charge in [-0.2, -0.15) is 0 Å². The maximum atomic E-state index is 14.7. The van der Waals surface area contributed by atoms with E-state index in [1.165, 1.54) is 4.57 Å². The van der Waals surface area contributed by atoms with E-state index in [1.54, 1.807) is 37.1 Å². The number of esters is 1. The smallest absolute Gasteiger partial charge is 0.338 e. The molecule has 1 aromatic heterocycles. The number of para-hydroxylation sites is 1. The lowest BCUT2D eigenvalue weighted by molar-refractivity contribution is -0.138. The highest BCUT2D eigenvalue weighted by Gasteiger charge is 2.38. The van der Waals surface area contributed by atoms with E-state index in [0.29, 0.717) is 43.6 Å². The summed E-state index contributed by atoms with van der Waals surface area (Å²) in [4.78, 5) is 49.6. The Morgan fingerprint density at radius 3 is 2.34 bits per heavy atom. The zero-order valence-corrected chi connectivity index (χ0v) is 27.0. The lowest BCUT2D eigenvalue weighted by Gasteiger charge is -2.26. The highest BCUT2D eigenvalue weighted by Crippen LogP contribution is 2.38. The Labute approximate surface area is 279 Å². The standard InChI is InChI=1S/C37H28ClN3O5S/c1-3-46-36(44)30-31(22-11-5-4-6-12-22)39-37-41(32(30)23-17-19-25(45-2)20-18-23)35(43)33(47-37)29-26-14-8-10-16-28(26)40(34(29)42)21-24-13-7-9-15-27(24)38/h4-20,32H,3,21H2,1-2H3/b33-29+/t32-/m1/s1. The Bertz CT molecular complexity index is 2260. The van der Waals surface area contributed by atoms with Crippen molar-refractivity contribution in [3.63, 3.8) is 0 Å². The highest BCUT2D eigenvalue weighted by molar-refractivity contribution is 7.07. The third-order valence-corrected chi connectivity index (χ3v) is 9.64. The van der Waals surface area contributed by atoms with Crippen molar-refractivity contribution >= 4 is 51.8 Å². The molecule has 0 fully saturated rings. The van der Waals surface area contributed by atoms with Crippen LogP contribution in [0.2, 0.25) is 5.02 Å². The Morgan fingerprint density at radius 1 is 0.915 bits per heavy atom. The minimum Gasteiger partial charge on any atom is -0.497 e. The number of thiazole rings is 1. The summed E-state index contributed by atoms with van der Waals surface area (Å²) in [5.41, 5.74) is 3.95. The average Bonchev–Trinajstić information content (AvgIpc) is 3.57. The van der Waals surface area contributed by atoms with Crippen molar-refractivity contribution in [2.24, 2.45) is 4.99 Å². The summed E-state index contributed by atoms with van der Waals surface area (Å²) in [6.45, 7) is 2.11. The van der Waals surface area contributed by atoms with Gasteiger partial charge in [0.25, 0.3) is 11.5 Å². The second-order valence-electron chi connectivity index (χ2n) is 10.9. The molecular weight excluding hydrogens is 634 g/mol. The number of benzene rings is 4. The van der Waals surface area contributed by atoms with Crippen molar-refractivity contribution in [1.82, 2.24) is 4.57 Å². The largest absolute Gasteiger partial charge is 0.497 e. The Kier molecular flexibility index (Phi) is 8.09. The van der Waals surface area contributed by atoms with Crippen molar-refractivity contribution in [1.29, 1.82) is 0 Å². The summed E-state index contributed by atoms with van der Waals surface area (Å²) in [5.74, 6) is -0.271. The van der Waals surface area contributed by atoms with Gasteiger partial charge in [-0.05, 0) is 42.3 Å². The minimum atomic E-state index is -0.883. The molecule has 3 heterocycles. The SMILES string of the molecule is CCOC(=O)C1=C(c2ccccc2)N=c2s/c(=C3/C(=O)N(Cc4ccccc4Cl)c4ccccc43)c(=O)n2[C@@H]1c1ccc(OC)cc1. The minimum absolute atomic E-state index is 0.140. The fraction of sp³-hybridized carbons (Fsp3) is 0.135. The molecule has 1 atom stereocenters. The van der Waals surface area contributed by atoms with E-state index >= 15 is 0 Å². The number of rotatable bonds is 7. The van der Waals surface area contributed by atoms with Crippen LogP contribution in [0, 0.1) is 0 Å². The molecule has 5 aromatic rings. The van der Waals surface area contributed by atoms with E-state index < -0.39 is 17.6 Å². The van der Waals surface area contributed by atoms with Crippen LogP contribution >= 0.6 is 22.9 Å². The summed E-state index contributed by atoms with van der Waals surface area (Å²) in [5, 5.41) is 0.546. The van der Waals surface area contributed by atoms with E-state index in [4.69, 9.17) is 26.1 Å². The first-order valence-electron chi connectivity index (χ1n) is 15.0. The predicted molar refractivity (Wildman–Crippen MR) is 182 cm³/mol. The van der Waals surface area contributed by atoms with Gasteiger partial charge in [-0.3, -0.25) is 14.2 Å². The van der Waals surface area contributed by atoms with Crippen molar-refractivity contribution < 1.29 is 19.1 Å². The summed E-state index contributed by atoms with van der Waals surface area (Å²) in [6.07, 6.45) is 0. The lowest BCUT2D eigenvalue weighted by atomic mass is 9.93. The molecule has 1 amide bonds. The number of carbonyl (C=O) groups is 2. The molecule has 47 heavy (non-hydrogen) atoms. The first-order chi connectivity index (χ1) is 22.9. The number of carbonyl (C=O) groups excluding carboxylic acids is 2. The van der Waals surface area contributed by atoms with Crippen molar-refractivity contribution in [2.75, 3.05) is 18.6 Å². The molecule has 0 saturated carbocycles. The molecule has 0 saturated heterocycles. The van der Waals surface area contributed by atoms with Crippen molar-refractivity contribution in [3.05, 3.63) is 156 Å². The molecule has 0 unspecified atom stereocenters. The van der Waals surface area contributed by atoms with Gasteiger partial charge in [-0.15, -0.1) is 0 Å². The third kappa shape index (κ3) is 5.27. The summed E-state index contributed by atoms with van der Waals surface area (Å²) >= 11 is 7.62. The number of amides is 1. The number of anilines is 1. The fourth-order valence-corrected chi connectivity index (χ4v) is 7.33. The maximum Gasteiger partial charge on any atom is 0.338 e. The molecule has 0 bridgehead atoms. The van der Waals surface area contributed by atoms with Crippen LogP contribution in [-0.4, -0.2) is 30.2 Å². The quantitative estimate of drug-likeness (QED) is 0.215. The summed E-state index contributed by atoms with van der Waals surface area (Å²) in [6, 6.07) is 30.4. The number of hydrogen-bond acceptors (Lipinski definition) is 7. The molecule has 2 aliphatic rings. The first-order valence-corrected chi connectivity index (χ1v) is 16.2. The van der Waals surface area contributed by atoms with E-state index in [0.717, 1.165) is 16.9 Å². The molecule has 0 aliphatic carbocycles. The van der Waals surface area contributed by atoms with E-state index in [2.05, 4.69) is 0 Å². The van der Waals surface area contributed by atoms with Crippen molar-refractivity contribution in [2.45, 2.75) is 19.5 Å². The highest BCUT2D eigenvalue weighted by atomic mass is 35.5. The molecule has 7 rings (SSSR count). The second-order valence-corrected chi connectivity index (χ2v) is 12.3. The summed E-state index contributed by atoms with van der Waals surface area (Å²) < 4.78 is 12.7. The van der Waals surface area contributed by atoms with Crippen LogP contribution in [0.25, 0.3) is 11.3 Å². The number of halogens is 1. The van der Waals surface area contributed by atoms with Gasteiger partial charge in [0.05, 0.1) is 48.8 Å². The van der Waals surface area contributed by atoms with E-state index in [1.807, 2.05) is 84.9 Å². The maximum absolute atomic E-state index is 14.7. The predicted octanol–water partition coefficient (Wildman–Crippen LogP) is 5.51. The van der Waals surface area contributed by atoms with Gasteiger partial charge in [-0.1, -0.05) is 102 Å². The molecule has 0 radical (unpaired) electrons. The molecule has 8 nitrogen and oxygen atoms in total. The Hall–Kier alpha value is -5.25. The first kappa shape index (κ1) is 30.4. The fourth-order valence-electron chi connectivity index (χ4n) is 6.05. The molecule has 10 heteroatoms. The van der Waals surface area contributed by atoms with Crippen LogP contribution in [0.3, 0.4) is 0 Å². The van der Waals surface area contributed by atoms with Gasteiger partial charge < -0.3 is 14.4 Å². The second kappa shape index (κ2) is 12.5. The van der Waals surface area contributed by atoms with Crippen LogP contribution < -0.4 is 24.5 Å². The molecular formula is C37H28ClN3O5S. The zero-order valence-electron chi connectivity index (χ0n) is 25.5. The molecule has 234 valence electrons. The monoisotopic (exact) mass is 661 g/mol. The van der Waals surface area contributed by atoms with E-state index in [-0.39, 0.29) is 34.7 Å². The number of nitrogens with zero attached hydrogens (tertiary/aromatic N) is 3. The van der Waals surface area contributed by atoms with Crippen LogP contribution in [-0.2, 0) is 20.9 Å². The van der Waals surface area contributed by atoms with Gasteiger partial charge in [0.2, 0.25) is 0 Å². The normalized spacial score (nSPS) is 16.4. The third-order valence-electron chi connectivity index (χ3n) is 8.22. The van der Waals surface area contributed by atoms with Gasteiger partial charge in [0.15, 0.2) is 4.80 Å². The zero-order chi connectivity index (χ0) is 32.7. The van der Waals surface area contributed by atoms with Gasteiger partial charge in [-0.25, -0.2) is 9.79 Å². The van der Waals surface area contributed by atoms with Crippen LogP contribution in [0.5, 0.6) is 5.75 Å². The van der Waals surface area contributed by atoms with E-state index in [9.17, 15) is 14.4 Å². The van der Waals surface area contributed by atoms with Gasteiger partial charge in [0, 0.05) is 16.1 Å². The number of ether oxygens (including phenoxy) is 2. The number of hydrogen-bond donors (Lipinski definition) is 0. The molecule has 0 N–H and O–H groups in total. The van der Waals surface area contributed by atoms with Crippen molar-refractivity contribution in [3.8, 4) is 5.75 Å². The molecule has 2 aliphatic heterocycles. The van der Waals surface area contributed by atoms with Crippen LogP contribution in [0.4, 0.5) is 5.69 Å². The number of aromatic nitrogens is 1. The van der Waals surface area contributed by atoms with Gasteiger partial charge >= 0.3 is 5.97 Å².